The zero-order valence-electron chi connectivity index (χ0n) is 20.6. The molecule has 0 saturated carbocycles. The fourth-order valence-electron chi connectivity index (χ4n) is 5.57. The Morgan fingerprint density at radius 1 is 1.11 bits per heavy atom. The van der Waals surface area contributed by atoms with Gasteiger partial charge in [-0.15, -0.1) is 0 Å². The second kappa shape index (κ2) is 9.41. The van der Waals surface area contributed by atoms with E-state index in [1.54, 1.807) is 54.2 Å². The summed E-state index contributed by atoms with van der Waals surface area (Å²) in [5.41, 5.74) is 1.64. The van der Waals surface area contributed by atoms with Gasteiger partial charge >= 0.3 is 6.03 Å². The monoisotopic (exact) mass is 473 g/mol. The maximum absolute atomic E-state index is 13.7. The zero-order valence-corrected chi connectivity index (χ0v) is 20.6. The van der Waals surface area contributed by atoms with Crippen molar-refractivity contribution in [1.82, 2.24) is 14.7 Å². The van der Waals surface area contributed by atoms with Gasteiger partial charge in [-0.25, -0.2) is 4.79 Å². The second-order valence-corrected chi connectivity index (χ2v) is 9.74. The summed E-state index contributed by atoms with van der Waals surface area (Å²) >= 11 is 0. The third-order valence-electron chi connectivity index (χ3n) is 7.10. The Bertz CT molecular complexity index is 1190. The highest BCUT2D eigenvalue weighted by Gasteiger charge is 2.56. The molecule has 8 nitrogen and oxygen atoms in total. The quantitative estimate of drug-likeness (QED) is 0.736. The van der Waals surface area contributed by atoms with Gasteiger partial charge in [-0.3, -0.25) is 9.59 Å². The van der Waals surface area contributed by atoms with E-state index in [4.69, 9.17) is 5.26 Å². The zero-order chi connectivity index (χ0) is 25.3. The van der Waals surface area contributed by atoms with Crippen molar-refractivity contribution in [3.8, 4) is 6.07 Å². The Morgan fingerprint density at radius 3 is 2.43 bits per heavy atom. The topological polar surface area (TPSA) is 96.8 Å². The molecule has 1 fully saturated rings. The molecular formula is C27H31N5O3. The van der Waals surface area contributed by atoms with Crippen LogP contribution in [0.5, 0.6) is 0 Å². The van der Waals surface area contributed by atoms with E-state index in [2.05, 4.69) is 11.4 Å². The highest BCUT2D eigenvalue weighted by atomic mass is 16.2. The first-order valence-corrected chi connectivity index (χ1v) is 11.9. The molecule has 2 aliphatic heterocycles. The Balaban J connectivity index is 1.65. The molecule has 0 aromatic heterocycles. The van der Waals surface area contributed by atoms with Crippen LogP contribution in [0.15, 0.2) is 48.5 Å². The standard InChI is InChI=1S/C27H31N5O3/c1-18(2)32-24(33)22-11-6-5-10-21(22)23(25(34)30(3)4)27(32)12-14-31(15-13-27)26(35)29-20-9-7-8-19(16-20)17-28/h5-11,16,18,23H,12-15H2,1-4H3,(H,29,35). The number of piperidine rings is 1. The van der Waals surface area contributed by atoms with Gasteiger partial charge in [0.15, 0.2) is 0 Å². The number of carbonyl (C=O) groups excluding carboxylic acids is 3. The summed E-state index contributed by atoms with van der Waals surface area (Å²) in [5, 5.41) is 12.0. The summed E-state index contributed by atoms with van der Waals surface area (Å²) < 4.78 is 0. The van der Waals surface area contributed by atoms with E-state index in [0.29, 0.717) is 42.7 Å². The SMILES string of the molecule is CC(C)N1C(=O)c2ccccc2C(C(=O)N(C)C)C12CCN(C(=O)Nc1cccc(C#N)c1)CC2. The van der Waals surface area contributed by atoms with Crippen LogP contribution in [-0.4, -0.2) is 71.3 Å². The second-order valence-electron chi connectivity index (χ2n) is 9.74. The predicted molar refractivity (Wildman–Crippen MR) is 133 cm³/mol. The lowest BCUT2D eigenvalue weighted by Gasteiger charge is -2.56. The van der Waals surface area contributed by atoms with Gasteiger partial charge in [-0.2, -0.15) is 5.26 Å². The molecule has 8 heteroatoms. The maximum atomic E-state index is 13.7. The average molecular weight is 474 g/mol. The Labute approximate surface area is 206 Å². The lowest BCUT2D eigenvalue weighted by molar-refractivity contribution is -0.136. The molecule has 1 spiro atoms. The van der Waals surface area contributed by atoms with Crippen LogP contribution >= 0.6 is 0 Å². The summed E-state index contributed by atoms with van der Waals surface area (Å²) in [6, 6.07) is 15.9. The smallest absolute Gasteiger partial charge is 0.321 e. The van der Waals surface area contributed by atoms with Gasteiger partial charge in [-0.05, 0) is 56.5 Å². The van der Waals surface area contributed by atoms with Crippen molar-refractivity contribution in [2.75, 3.05) is 32.5 Å². The number of likely N-dealkylation sites (tertiary alicyclic amines) is 1. The number of rotatable bonds is 3. The van der Waals surface area contributed by atoms with E-state index >= 15 is 0 Å². The van der Waals surface area contributed by atoms with Gasteiger partial charge in [0.1, 0.15) is 0 Å². The summed E-state index contributed by atoms with van der Waals surface area (Å²) in [7, 11) is 3.49. The minimum Gasteiger partial charge on any atom is -0.348 e. The van der Waals surface area contributed by atoms with Crippen LogP contribution < -0.4 is 5.32 Å². The molecule has 182 valence electrons. The van der Waals surface area contributed by atoms with E-state index in [1.165, 1.54) is 0 Å². The number of nitrogens with one attached hydrogen (secondary N) is 1. The van der Waals surface area contributed by atoms with Crippen LogP contribution in [0, 0.1) is 11.3 Å². The molecule has 2 aromatic carbocycles. The van der Waals surface area contributed by atoms with Gasteiger partial charge in [0.25, 0.3) is 5.91 Å². The van der Waals surface area contributed by atoms with Gasteiger partial charge in [0.05, 0.1) is 23.1 Å². The average Bonchev–Trinajstić information content (AvgIpc) is 2.84. The Hall–Kier alpha value is -3.86. The predicted octanol–water partition coefficient (Wildman–Crippen LogP) is 3.66. The summed E-state index contributed by atoms with van der Waals surface area (Å²) in [6.45, 7) is 4.76. The first-order chi connectivity index (χ1) is 16.7. The lowest BCUT2D eigenvalue weighted by atomic mass is 9.66. The maximum Gasteiger partial charge on any atom is 0.321 e. The number of nitriles is 1. The largest absolute Gasteiger partial charge is 0.348 e. The molecule has 2 heterocycles. The van der Waals surface area contributed by atoms with E-state index < -0.39 is 11.5 Å². The first-order valence-electron chi connectivity index (χ1n) is 11.9. The Morgan fingerprint density at radius 2 is 1.80 bits per heavy atom. The molecule has 2 aromatic rings. The third kappa shape index (κ3) is 4.23. The molecule has 1 unspecified atom stereocenters. The van der Waals surface area contributed by atoms with Crippen molar-refractivity contribution < 1.29 is 14.4 Å². The fourth-order valence-corrected chi connectivity index (χ4v) is 5.57. The number of benzene rings is 2. The number of hydrogen-bond acceptors (Lipinski definition) is 4. The lowest BCUT2D eigenvalue weighted by Crippen LogP contribution is -2.67. The number of hydrogen-bond donors (Lipinski definition) is 1. The summed E-state index contributed by atoms with van der Waals surface area (Å²) in [4.78, 5) is 45.5. The van der Waals surface area contributed by atoms with Crippen molar-refractivity contribution in [2.45, 2.75) is 44.2 Å². The van der Waals surface area contributed by atoms with Gasteiger partial charge in [0.2, 0.25) is 5.91 Å². The van der Waals surface area contributed by atoms with E-state index in [-0.39, 0.29) is 23.9 Å². The number of fused-ring (bicyclic) bond motifs is 1. The third-order valence-corrected chi connectivity index (χ3v) is 7.10. The van der Waals surface area contributed by atoms with Crippen molar-refractivity contribution >= 4 is 23.5 Å². The molecule has 0 radical (unpaired) electrons. The van der Waals surface area contributed by atoms with Crippen molar-refractivity contribution in [3.63, 3.8) is 0 Å². The van der Waals surface area contributed by atoms with Gasteiger partial charge in [0, 0.05) is 44.5 Å². The molecule has 0 bridgehead atoms. The molecule has 2 aliphatic rings. The normalized spacial score (nSPS) is 18.7. The molecule has 0 aliphatic carbocycles. The van der Waals surface area contributed by atoms with E-state index in [9.17, 15) is 14.4 Å². The summed E-state index contributed by atoms with van der Waals surface area (Å²) in [5.74, 6) is -0.613. The number of anilines is 1. The van der Waals surface area contributed by atoms with E-state index in [1.807, 2.05) is 36.9 Å². The first kappa shape index (κ1) is 24.3. The molecule has 4 rings (SSSR count). The number of nitrogens with zero attached hydrogens (tertiary/aromatic N) is 4. The molecule has 4 amide bonds. The number of carbonyl (C=O) groups is 3. The molecular weight excluding hydrogens is 442 g/mol. The number of likely N-dealkylation sites (N-methyl/N-ethyl adjacent to an activating group) is 1. The highest BCUT2D eigenvalue weighted by Crippen LogP contribution is 2.48. The number of amides is 4. The molecule has 1 atom stereocenters. The highest BCUT2D eigenvalue weighted by molar-refractivity contribution is 6.02. The van der Waals surface area contributed by atoms with Crippen LogP contribution in [0.2, 0.25) is 0 Å². The van der Waals surface area contributed by atoms with Crippen LogP contribution in [0.3, 0.4) is 0 Å². The van der Waals surface area contributed by atoms with Gasteiger partial charge in [-0.1, -0.05) is 24.3 Å². The van der Waals surface area contributed by atoms with Crippen LogP contribution in [0.1, 0.15) is 54.1 Å². The minimum absolute atomic E-state index is 0.0400. The fraction of sp³-hybridized carbons (Fsp3) is 0.407. The van der Waals surface area contributed by atoms with E-state index in [0.717, 1.165) is 5.56 Å². The summed E-state index contributed by atoms with van der Waals surface area (Å²) in [6.07, 6.45) is 0.975. The molecule has 1 saturated heterocycles. The van der Waals surface area contributed by atoms with Crippen molar-refractivity contribution in [2.24, 2.45) is 0 Å². The number of urea groups is 1. The van der Waals surface area contributed by atoms with Crippen molar-refractivity contribution in [1.29, 1.82) is 5.26 Å². The molecule has 1 N–H and O–H groups in total. The van der Waals surface area contributed by atoms with Crippen LogP contribution in [-0.2, 0) is 4.79 Å². The minimum atomic E-state index is -0.724. The van der Waals surface area contributed by atoms with Crippen molar-refractivity contribution in [3.05, 3.63) is 65.2 Å². The molecule has 35 heavy (non-hydrogen) atoms. The van der Waals surface area contributed by atoms with Gasteiger partial charge < -0.3 is 20.0 Å². The Kier molecular flexibility index (Phi) is 6.53. The van der Waals surface area contributed by atoms with Crippen LogP contribution in [0.25, 0.3) is 0 Å². The van der Waals surface area contributed by atoms with Crippen LogP contribution in [0.4, 0.5) is 10.5 Å².